The number of aromatic amines is 1. The normalized spacial score (nSPS) is 14.5. The van der Waals surface area contributed by atoms with Crippen LogP contribution in [0, 0.1) is 5.92 Å². The summed E-state index contributed by atoms with van der Waals surface area (Å²) in [5, 5.41) is 17.9. The van der Waals surface area contributed by atoms with Crippen molar-refractivity contribution in [2.24, 2.45) is 17.4 Å². The molecule has 196 valence electrons. The Kier molecular flexibility index (Phi) is 9.97. The van der Waals surface area contributed by atoms with Crippen molar-refractivity contribution >= 4 is 40.5 Å². The standard InChI is InChI=1S/C24H34N6O6/c1-12(2)20(30-21(32)13(3)25)23(34)29-18(10-14-11-27-16-7-5-4-6-15(14)16)22(33)28-17(24(35)36)8-9-19(26)31/h4-7,11-13,17-18,20,27H,8-10,25H2,1-3H3,(H2,26,31)(H,28,33)(H,29,34)(H,30,32)(H,35,36). The van der Waals surface area contributed by atoms with Crippen molar-refractivity contribution in [1.82, 2.24) is 20.9 Å². The van der Waals surface area contributed by atoms with E-state index in [1.807, 2.05) is 24.3 Å². The first-order chi connectivity index (χ1) is 16.9. The molecule has 36 heavy (non-hydrogen) atoms. The number of H-pyrrole nitrogens is 1. The number of nitrogens with two attached hydrogens (primary N) is 2. The topological polar surface area (TPSA) is 209 Å². The predicted molar refractivity (Wildman–Crippen MR) is 132 cm³/mol. The van der Waals surface area contributed by atoms with Gasteiger partial charge in [-0.1, -0.05) is 32.0 Å². The number of primary amides is 1. The number of aliphatic carboxylic acids is 1. The summed E-state index contributed by atoms with van der Waals surface area (Å²) in [6.45, 7) is 4.94. The molecule has 0 aliphatic heterocycles. The number of carboxylic acid groups (broad SMARTS) is 1. The van der Waals surface area contributed by atoms with E-state index in [-0.39, 0.29) is 25.2 Å². The van der Waals surface area contributed by atoms with Crippen molar-refractivity contribution in [1.29, 1.82) is 0 Å². The molecule has 2 aromatic rings. The fourth-order valence-electron chi connectivity index (χ4n) is 3.63. The zero-order valence-electron chi connectivity index (χ0n) is 20.5. The maximum Gasteiger partial charge on any atom is 0.326 e. The fourth-order valence-corrected chi connectivity index (χ4v) is 3.63. The molecule has 0 saturated heterocycles. The zero-order valence-corrected chi connectivity index (χ0v) is 20.5. The van der Waals surface area contributed by atoms with Crippen molar-refractivity contribution in [3.63, 3.8) is 0 Å². The van der Waals surface area contributed by atoms with Gasteiger partial charge in [0.2, 0.25) is 23.6 Å². The van der Waals surface area contributed by atoms with E-state index in [1.54, 1.807) is 20.0 Å². The number of benzene rings is 1. The molecule has 4 amide bonds. The molecule has 1 aromatic carbocycles. The number of fused-ring (bicyclic) bond motifs is 1. The minimum atomic E-state index is -1.38. The number of carbonyl (C=O) groups is 5. The maximum atomic E-state index is 13.2. The summed E-state index contributed by atoms with van der Waals surface area (Å²) in [7, 11) is 0. The summed E-state index contributed by atoms with van der Waals surface area (Å²) in [5.74, 6) is -4.28. The van der Waals surface area contributed by atoms with Crippen LogP contribution in [-0.4, -0.2) is 63.9 Å². The Labute approximate surface area is 208 Å². The Hall–Kier alpha value is -3.93. The van der Waals surface area contributed by atoms with Crippen LogP contribution in [0.15, 0.2) is 30.5 Å². The molecule has 0 radical (unpaired) electrons. The van der Waals surface area contributed by atoms with E-state index in [0.29, 0.717) is 0 Å². The Balaban J connectivity index is 2.31. The lowest BCUT2D eigenvalue weighted by molar-refractivity contribution is -0.142. The van der Waals surface area contributed by atoms with Crippen molar-refractivity contribution in [2.45, 2.75) is 64.2 Å². The van der Waals surface area contributed by atoms with Gasteiger partial charge in [0.05, 0.1) is 6.04 Å². The third kappa shape index (κ3) is 7.80. The Morgan fingerprint density at radius 1 is 0.944 bits per heavy atom. The predicted octanol–water partition coefficient (Wildman–Crippen LogP) is -0.482. The molecule has 1 heterocycles. The smallest absolute Gasteiger partial charge is 0.326 e. The van der Waals surface area contributed by atoms with Gasteiger partial charge in [0.25, 0.3) is 0 Å². The average molecular weight is 503 g/mol. The van der Waals surface area contributed by atoms with Gasteiger partial charge in [-0.3, -0.25) is 19.2 Å². The van der Waals surface area contributed by atoms with Crippen molar-refractivity contribution in [2.75, 3.05) is 0 Å². The summed E-state index contributed by atoms with van der Waals surface area (Å²) >= 11 is 0. The van der Waals surface area contributed by atoms with Crippen LogP contribution in [0.2, 0.25) is 0 Å². The summed E-state index contributed by atoms with van der Waals surface area (Å²) in [5.41, 5.74) is 12.3. The summed E-state index contributed by atoms with van der Waals surface area (Å²) < 4.78 is 0. The minimum absolute atomic E-state index is 0.0375. The van der Waals surface area contributed by atoms with Crippen LogP contribution < -0.4 is 27.4 Å². The Bertz CT molecular complexity index is 1110. The van der Waals surface area contributed by atoms with E-state index in [0.717, 1.165) is 16.5 Å². The molecule has 2 rings (SSSR count). The minimum Gasteiger partial charge on any atom is -0.480 e. The highest BCUT2D eigenvalue weighted by Crippen LogP contribution is 2.19. The van der Waals surface area contributed by atoms with Gasteiger partial charge in [-0.2, -0.15) is 0 Å². The van der Waals surface area contributed by atoms with Crippen molar-refractivity contribution < 1.29 is 29.1 Å². The van der Waals surface area contributed by atoms with Gasteiger partial charge in [0.15, 0.2) is 0 Å². The van der Waals surface area contributed by atoms with Gasteiger partial charge in [-0.25, -0.2) is 4.79 Å². The van der Waals surface area contributed by atoms with Crippen molar-refractivity contribution in [3.8, 4) is 0 Å². The Morgan fingerprint density at radius 2 is 1.58 bits per heavy atom. The molecule has 4 unspecified atom stereocenters. The zero-order chi connectivity index (χ0) is 27.0. The first-order valence-electron chi connectivity index (χ1n) is 11.6. The molecular weight excluding hydrogens is 468 g/mol. The van der Waals surface area contributed by atoms with E-state index in [9.17, 15) is 29.1 Å². The van der Waals surface area contributed by atoms with Gasteiger partial charge < -0.3 is 37.5 Å². The molecular formula is C24H34N6O6. The van der Waals surface area contributed by atoms with Gasteiger partial charge in [-0.05, 0) is 30.9 Å². The van der Waals surface area contributed by atoms with Gasteiger partial charge in [-0.15, -0.1) is 0 Å². The van der Waals surface area contributed by atoms with Gasteiger partial charge >= 0.3 is 5.97 Å². The molecule has 0 saturated carbocycles. The van der Waals surface area contributed by atoms with E-state index >= 15 is 0 Å². The third-order valence-electron chi connectivity index (χ3n) is 5.69. The largest absolute Gasteiger partial charge is 0.480 e. The van der Waals surface area contributed by atoms with Gasteiger partial charge in [0, 0.05) is 29.9 Å². The molecule has 4 atom stereocenters. The SMILES string of the molecule is CC(N)C(=O)NC(C(=O)NC(Cc1c[nH]c2ccccc12)C(=O)NC(CCC(N)=O)C(=O)O)C(C)C. The van der Waals surface area contributed by atoms with E-state index in [1.165, 1.54) is 6.92 Å². The second kappa shape index (κ2) is 12.7. The maximum absolute atomic E-state index is 13.2. The lowest BCUT2D eigenvalue weighted by atomic mass is 10.00. The summed E-state index contributed by atoms with van der Waals surface area (Å²) in [4.78, 5) is 64.3. The number of hydrogen-bond acceptors (Lipinski definition) is 6. The van der Waals surface area contributed by atoms with E-state index in [4.69, 9.17) is 11.5 Å². The fraction of sp³-hybridized carbons (Fsp3) is 0.458. The van der Waals surface area contributed by atoms with Crippen LogP contribution in [0.25, 0.3) is 10.9 Å². The Morgan fingerprint density at radius 3 is 2.17 bits per heavy atom. The number of nitrogens with one attached hydrogen (secondary N) is 4. The molecule has 0 aliphatic carbocycles. The van der Waals surface area contributed by atoms with Crippen LogP contribution in [0.3, 0.4) is 0 Å². The number of amides is 4. The molecule has 0 fully saturated rings. The number of aromatic nitrogens is 1. The van der Waals surface area contributed by atoms with E-state index < -0.39 is 53.8 Å². The second-order valence-electron chi connectivity index (χ2n) is 9.05. The lowest BCUT2D eigenvalue weighted by Gasteiger charge is -2.26. The molecule has 0 aliphatic rings. The number of rotatable bonds is 13. The highest BCUT2D eigenvalue weighted by Gasteiger charge is 2.32. The van der Waals surface area contributed by atoms with E-state index in [2.05, 4.69) is 20.9 Å². The average Bonchev–Trinajstić information content (AvgIpc) is 3.21. The molecule has 0 bridgehead atoms. The third-order valence-corrected chi connectivity index (χ3v) is 5.69. The number of hydrogen-bond donors (Lipinski definition) is 7. The molecule has 12 nitrogen and oxygen atoms in total. The first-order valence-corrected chi connectivity index (χ1v) is 11.6. The highest BCUT2D eigenvalue weighted by atomic mass is 16.4. The first kappa shape index (κ1) is 28.3. The monoisotopic (exact) mass is 502 g/mol. The molecule has 9 N–H and O–H groups in total. The van der Waals surface area contributed by atoms with Crippen LogP contribution in [0.5, 0.6) is 0 Å². The van der Waals surface area contributed by atoms with Crippen LogP contribution in [0.4, 0.5) is 0 Å². The van der Waals surface area contributed by atoms with Crippen molar-refractivity contribution in [3.05, 3.63) is 36.0 Å². The van der Waals surface area contributed by atoms with Gasteiger partial charge in [0.1, 0.15) is 18.1 Å². The molecule has 12 heteroatoms. The van der Waals surface area contributed by atoms with Crippen LogP contribution in [-0.2, 0) is 30.4 Å². The van der Waals surface area contributed by atoms with Crippen LogP contribution >= 0.6 is 0 Å². The second-order valence-corrected chi connectivity index (χ2v) is 9.05. The molecule has 1 aromatic heterocycles. The quantitative estimate of drug-likeness (QED) is 0.191. The summed E-state index contributed by atoms with van der Waals surface area (Å²) in [6.07, 6.45) is 1.30. The highest BCUT2D eigenvalue weighted by molar-refractivity contribution is 5.95. The lowest BCUT2D eigenvalue weighted by Crippen LogP contribution is -2.58. The summed E-state index contributed by atoms with van der Waals surface area (Å²) in [6, 6.07) is 3.00. The number of carbonyl (C=O) groups excluding carboxylic acids is 4. The molecule has 0 spiro atoms. The number of carboxylic acids is 1. The van der Waals surface area contributed by atoms with Crippen LogP contribution in [0.1, 0.15) is 39.2 Å². The number of para-hydroxylation sites is 1.